The highest BCUT2D eigenvalue weighted by Crippen LogP contribution is 2.28. The normalized spacial score (nSPS) is 15.9. The molecular formula is C13H22N2O. The van der Waals surface area contributed by atoms with Gasteiger partial charge in [0.15, 0.2) is 0 Å². The largest absolute Gasteiger partial charge is 0.463 e. The molecule has 0 unspecified atom stereocenters. The lowest BCUT2D eigenvalue weighted by molar-refractivity contribution is 0.231. The van der Waals surface area contributed by atoms with Gasteiger partial charge >= 0.3 is 0 Å². The standard InChI is InChI=1S/C13H22N2O/c1-3-8-15(11-4-5-11)10-13-7-6-12(16-13)9-14-2/h6-7,11,14H,3-5,8-10H2,1-2H3. The fraction of sp³-hybridized carbons (Fsp3) is 0.692. The number of nitrogens with one attached hydrogen (secondary N) is 1. The van der Waals surface area contributed by atoms with Crippen LogP contribution in [-0.2, 0) is 13.1 Å². The summed E-state index contributed by atoms with van der Waals surface area (Å²) in [5.41, 5.74) is 0. The topological polar surface area (TPSA) is 28.4 Å². The van der Waals surface area contributed by atoms with Crippen molar-refractivity contribution in [3.05, 3.63) is 23.7 Å². The lowest BCUT2D eigenvalue weighted by Crippen LogP contribution is -2.26. The Morgan fingerprint density at radius 2 is 2.12 bits per heavy atom. The minimum atomic E-state index is 0.817. The van der Waals surface area contributed by atoms with Gasteiger partial charge < -0.3 is 9.73 Å². The van der Waals surface area contributed by atoms with Gasteiger partial charge in [0.2, 0.25) is 0 Å². The molecule has 1 aromatic heterocycles. The molecule has 0 amide bonds. The van der Waals surface area contributed by atoms with Crippen LogP contribution in [0.5, 0.6) is 0 Å². The Balaban J connectivity index is 1.89. The van der Waals surface area contributed by atoms with Gasteiger partial charge in [-0.05, 0) is 45.0 Å². The van der Waals surface area contributed by atoms with E-state index >= 15 is 0 Å². The number of nitrogens with zero attached hydrogens (tertiary/aromatic N) is 1. The summed E-state index contributed by atoms with van der Waals surface area (Å²) in [6, 6.07) is 5.00. The molecule has 0 atom stereocenters. The van der Waals surface area contributed by atoms with Crippen molar-refractivity contribution in [2.45, 2.75) is 45.3 Å². The molecule has 1 aromatic rings. The summed E-state index contributed by atoms with van der Waals surface area (Å²) in [6.07, 6.45) is 3.95. The van der Waals surface area contributed by atoms with Crippen LogP contribution in [0.2, 0.25) is 0 Å². The molecule has 3 nitrogen and oxygen atoms in total. The molecule has 0 aromatic carbocycles. The molecule has 1 heterocycles. The van der Waals surface area contributed by atoms with Crippen LogP contribution in [0.15, 0.2) is 16.5 Å². The van der Waals surface area contributed by atoms with Crippen LogP contribution in [0.4, 0.5) is 0 Å². The van der Waals surface area contributed by atoms with Crippen LogP contribution >= 0.6 is 0 Å². The molecule has 90 valence electrons. The summed E-state index contributed by atoms with van der Waals surface area (Å²) in [7, 11) is 1.94. The summed E-state index contributed by atoms with van der Waals surface area (Å²) < 4.78 is 5.77. The van der Waals surface area contributed by atoms with E-state index in [1.54, 1.807) is 0 Å². The van der Waals surface area contributed by atoms with Crippen LogP contribution in [0.25, 0.3) is 0 Å². The van der Waals surface area contributed by atoms with E-state index < -0.39 is 0 Å². The molecule has 0 spiro atoms. The van der Waals surface area contributed by atoms with Crippen LogP contribution < -0.4 is 5.32 Å². The third-order valence-electron chi connectivity index (χ3n) is 3.00. The summed E-state index contributed by atoms with van der Waals surface area (Å²) in [4.78, 5) is 2.54. The molecule has 1 aliphatic rings. The van der Waals surface area contributed by atoms with Crippen LogP contribution in [-0.4, -0.2) is 24.5 Å². The fourth-order valence-electron chi connectivity index (χ4n) is 2.09. The second kappa shape index (κ2) is 5.51. The Hall–Kier alpha value is -0.800. The van der Waals surface area contributed by atoms with Crippen molar-refractivity contribution >= 4 is 0 Å². The molecule has 0 saturated heterocycles. The van der Waals surface area contributed by atoms with E-state index in [-0.39, 0.29) is 0 Å². The number of hydrogen-bond acceptors (Lipinski definition) is 3. The summed E-state index contributed by atoms with van der Waals surface area (Å²) in [6.45, 7) is 5.22. The highest BCUT2D eigenvalue weighted by Gasteiger charge is 2.28. The molecule has 3 heteroatoms. The van der Waals surface area contributed by atoms with Crippen molar-refractivity contribution in [2.24, 2.45) is 0 Å². The van der Waals surface area contributed by atoms with Gasteiger partial charge in [-0.25, -0.2) is 0 Å². The van der Waals surface area contributed by atoms with E-state index in [9.17, 15) is 0 Å². The smallest absolute Gasteiger partial charge is 0.118 e. The van der Waals surface area contributed by atoms with E-state index in [0.717, 1.165) is 30.7 Å². The molecule has 16 heavy (non-hydrogen) atoms. The fourth-order valence-corrected chi connectivity index (χ4v) is 2.09. The van der Waals surface area contributed by atoms with Crippen molar-refractivity contribution in [2.75, 3.05) is 13.6 Å². The minimum absolute atomic E-state index is 0.817. The molecule has 1 aliphatic carbocycles. The van der Waals surface area contributed by atoms with Gasteiger partial charge in [0.25, 0.3) is 0 Å². The molecule has 1 saturated carbocycles. The Morgan fingerprint density at radius 1 is 1.38 bits per heavy atom. The van der Waals surface area contributed by atoms with Crippen molar-refractivity contribution < 1.29 is 4.42 Å². The zero-order chi connectivity index (χ0) is 11.4. The maximum absolute atomic E-state index is 5.77. The Kier molecular flexibility index (Phi) is 4.02. The molecule has 1 N–H and O–H groups in total. The lowest BCUT2D eigenvalue weighted by Gasteiger charge is -2.19. The molecule has 1 fully saturated rings. The highest BCUT2D eigenvalue weighted by atomic mass is 16.3. The maximum atomic E-state index is 5.77. The van der Waals surface area contributed by atoms with E-state index in [1.165, 1.54) is 25.8 Å². The second-order valence-corrected chi connectivity index (χ2v) is 4.60. The average Bonchev–Trinajstić information content (AvgIpc) is 3.02. The van der Waals surface area contributed by atoms with Gasteiger partial charge in [0, 0.05) is 6.04 Å². The lowest BCUT2D eigenvalue weighted by atomic mass is 10.3. The van der Waals surface area contributed by atoms with Gasteiger partial charge in [-0.15, -0.1) is 0 Å². The summed E-state index contributed by atoms with van der Waals surface area (Å²) >= 11 is 0. The average molecular weight is 222 g/mol. The van der Waals surface area contributed by atoms with E-state index in [0.29, 0.717) is 0 Å². The number of hydrogen-bond donors (Lipinski definition) is 1. The first-order valence-electron chi connectivity index (χ1n) is 6.29. The van der Waals surface area contributed by atoms with E-state index in [2.05, 4.69) is 29.3 Å². The van der Waals surface area contributed by atoms with Gasteiger partial charge in [-0.3, -0.25) is 4.90 Å². The highest BCUT2D eigenvalue weighted by molar-refractivity contribution is 5.07. The summed E-state index contributed by atoms with van der Waals surface area (Å²) in [5.74, 6) is 2.13. The number of rotatable bonds is 7. The van der Waals surface area contributed by atoms with Gasteiger partial charge in [0.05, 0.1) is 13.1 Å². The van der Waals surface area contributed by atoms with Crippen molar-refractivity contribution in [1.82, 2.24) is 10.2 Å². The first-order valence-corrected chi connectivity index (χ1v) is 6.29. The van der Waals surface area contributed by atoms with E-state index in [1.807, 2.05) is 7.05 Å². The molecule has 0 bridgehead atoms. The van der Waals surface area contributed by atoms with Gasteiger partial charge in [0.1, 0.15) is 11.5 Å². The first-order chi connectivity index (χ1) is 7.83. The Bertz CT molecular complexity index is 317. The SMILES string of the molecule is CCCN(Cc1ccc(CNC)o1)C1CC1. The minimum Gasteiger partial charge on any atom is -0.463 e. The maximum Gasteiger partial charge on any atom is 0.118 e. The summed E-state index contributed by atoms with van der Waals surface area (Å²) in [5, 5.41) is 3.10. The van der Waals surface area contributed by atoms with E-state index in [4.69, 9.17) is 4.42 Å². The predicted octanol–water partition coefficient (Wildman–Crippen LogP) is 2.37. The molecule has 0 aliphatic heterocycles. The zero-order valence-electron chi connectivity index (χ0n) is 10.3. The molecule has 2 rings (SSSR count). The van der Waals surface area contributed by atoms with Gasteiger partial charge in [-0.2, -0.15) is 0 Å². The van der Waals surface area contributed by atoms with Crippen LogP contribution in [0.3, 0.4) is 0 Å². The molecular weight excluding hydrogens is 200 g/mol. The van der Waals surface area contributed by atoms with Crippen LogP contribution in [0.1, 0.15) is 37.7 Å². The third-order valence-corrected chi connectivity index (χ3v) is 3.00. The predicted molar refractivity (Wildman–Crippen MR) is 65.2 cm³/mol. The van der Waals surface area contributed by atoms with Crippen LogP contribution in [0, 0.1) is 0 Å². The quantitative estimate of drug-likeness (QED) is 0.767. The second-order valence-electron chi connectivity index (χ2n) is 4.60. The molecule has 0 radical (unpaired) electrons. The first kappa shape index (κ1) is 11.7. The van der Waals surface area contributed by atoms with Crippen molar-refractivity contribution in [1.29, 1.82) is 0 Å². The third kappa shape index (κ3) is 3.09. The monoisotopic (exact) mass is 222 g/mol. The number of furan rings is 1. The van der Waals surface area contributed by atoms with Crippen molar-refractivity contribution in [3.63, 3.8) is 0 Å². The van der Waals surface area contributed by atoms with Gasteiger partial charge in [-0.1, -0.05) is 6.92 Å². The Morgan fingerprint density at radius 3 is 2.75 bits per heavy atom. The zero-order valence-corrected chi connectivity index (χ0v) is 10.3. The Labute approximate surface area is 97.8 Å². The van der Waals surface area contributed by atoms with Crippen molar-refractivity contribution in [3.8, 4) is 0 Å².